The lowest BCUT2D eigenvalue weighted by Gasteiger charge is -2.05. The Labute approximate surface area is 89.4 Å². The van der Waals surface area contributed by atoms with E-state index in [-0.39, 0.29) is 12.5 Å². The minimum Gasteiger partial charge on any atom is -0.392 e. The molecule has 1 aromatic rings. The average Bonchev–Trinajstić information content (AvgIpc) is 2.27. The topological polar surface area (TPSA) is 49.3 Å². The molecule has 80 valence electrons. The highest BCUT2D eigenvalue weighted by molar-refractivity contribution is 5.77. The number of hydrogen-bond donors (Lipinski definition) is 2. The summed E-state index contributed by atoms with van der Waals surface area (Å²) in [6.45, 7) is 4.00. The molecule has 0 saturated heterocycles. The molecular weight excluding hydrogens is 190 g/mol. The van der Waals surface area contributed by atoms with Crippen LogP contribution in [-0.2, 0) is 17.9 Å². The van der Waals surface area contributed by atoms with Crippen molar-refractivity contribution in [3.05, 3.63) is 48.0 Å². The van der Waals surface area contributed by atoms with Crippen LogP contribution in [0.1, 0.15) is 17.5 Å². The van der Waals surface area contributed by atoms with Crippen LogP contribution in [0.15, 0.2) is 36.9 Å². The van der Waals surface area contributed by atoms with Crippen LogP contribution < -0.4 is 5.32 Å². The molecule has 0 fully saturated rings. The maximum absolute atomic E-state index is 11.1. The second-order valence-electron chi connectivity index (χ2n) is 3.25. The highest BCUT2D eigenvalue weighted by Gasteiger charge is 1.98. The molecule has 3 nitrogen and oxygen atoms in total. The predicted molar refractivity (Wildman–Crippen MR) is 59.0 cm³/mol. The summed E-state index contributed by atoms with van der Waals surface area (Å²) in [7, 11) is 0. The Kier molecular flexibility index (Phi) is 4.57. The van der Waals surface area contributed by atoms with Gasteiger partial charge in [-0.2, -0.15) is 0 Å². The van der Waals surface area contributed by atoms with Crippen LogP contribution in [0.25, 0.3) is 0 Å². The van der Waals surface area contributed by atoms with Crippen molar-refractivity contribution in [3.8, 4) is 0 Å². The summed E-state index contributed by atoms with van der Waals surface area (Å²) in [5, 5.41) is 11.7. The molecule has 15 heavy (non-hydrogen) atoms. The fraction of sp³-hybridized carbons (Fsp3) is 0.250. The van der Waals surface area contributed by atoms with E-state index >= 15 is 0 Å². The van der Waals surface area contributed by atoms with E-state index in [9.17, 15) is 4.79 Å². The van der Waals surface area contributed by atoms with Crippen molar-refractivity contribution >= 4 is 5.91 Å². The van der Waals surface area contributed by atoms with Crippen molar-refractivity contribution in [1.29, 1.82) is 0 Å². The maximum atomic E-state index is 11.1. The highest BCUT2D eigenvalue weighted by Crippen LogP contribution is 2.04. The Balaban J connectivity index is 2.49. The van der Waals surface area contributed by atoms with Crippen LogP contribution >= 0.6 is 0 Å². The smallest absolute Gasteiger partial charge is 0.224 e. The number of carbonyl (C=O) groups excluding carboxylic acids is 1. The third kappa shape index (κ3) is 3.95. The molecule has 0 unspecified atom stereocenters. The Morgan fingerprint density at radius 2 is 2.20 bits per heavy atom. The summed E-state index contributed by atoms with van der Waals surface area (Å²) in [5.41, 5.74) is 1.84. The molecule has 0 aliphatic rings. The third-order valence-electron chi connectivity index (χ3n) is 1.99. The number of carbonyl (C=O) groups is 1. The lowest BCUT2D eigenvalue weighted by atomic mass is 10.1. The summed E-state index contributed by atoms with van der Waals surface area (Å²) < 4.78 is 0. The van der Waals surface area contributed by atoms with Crippen molar-refractivity contribution < 1.29 is 9.90 Å². The molecule has 0 aliphatic heterocycles. The average molecular weight is 205 g/mol. The van der Waals surface area contributed by atoms with Gasteiger partial charge in [0.2, 0.25) is 5.91 Å². The molecule has 0 heterocycles. The Morgan fingerprint density at radius 3 is 2.87 bits per heavy atom. The molecule has 0 radical (unpaired) electrons. The number of amides is 1. The first-order valence-electron chi connectivity index (χ1n) is 4.82. The number of benzene rings is 1. The summed E-state index contributed by atoms with van der Waals surface area (Å²) in [6, 6.07) is 7.48. The first-order chi connectivity index (χ1) is 7.26. The van der Waals surface area contributed by atoms with Gasteiger partial charge in [-0.05, 0) is 11.1 Å². The van der Waals surface area contributed by atoms with Gasteiger partial charge < -0.3 is 10.4 Å². The number of nitrogens with one attached hydrogen (secondary N) is 1. The van der Waals surface area contributed by atoms with Gasteiger partial charge in [-0.25, -0.2) is 0 Å². The molecule has 1 rings (SSSR count). The van der Waals surface area contributed by atoms with Gasteiger partial charge in [-0.3, -0.25) is 4.79 Å². The lowest BCUT2D eigenvalue weighted by Crippen LogP contribution is -2.21. The molecule has 0 aromatic heterocycles. The second kappa shape index (κ2) is 5.98. The zero-order valence-corrected chi connectivity index (χ0v) is 8.57. The van der Waals surface area contributed by atoms with Crippen LogP contribution in [-0.4, -0.2) is 11.0 Å². The van der Waals surface area contributed by atoms with Crippen LogP contribution in [0, 0.1) is 0 Å². The van der Waals surface area contributed by atoms with Gasteiger partial charge in [0.15, 0.2) is 0 Å². The van der Waals surface area contributed by atoms with E-state index < -0.39 is 0 Å². The number of rotatable bonds is 5. The van der Waals surface area contributed by atoms with Crippen LogP contribution in [0.2, 0.25) is 0 Å². The maximum Gasteiger partial charge on any atom is 0.224 e. The third-order valence-corrected chi connectivity index (χ3v) is 1.99. The first-order valence-corrected chi connectivity index (χ1v) is 4.82. The highest BCUT2D eigenvalue weighted by atomic mass is 16.3. The number of aliphatic hydroxyl groups excluding tert-OH is 1. The molecule has 0 aliphatic carbocycles. The van der Waals surface area contributed by atoms with E-state index in [1.54, 1.807) is 6.08 Å². The molecular formula is C12H15NO2. The fourth-order valence-corrected chi connectivity index (χ4v) is 1.24. The van der Waals surface area contributed by atoms with Crippen molar-refractivity contribution in [2.45, 2.75) is 19.6 Å². The van der Waals surface area contributed by atoms with Crippen LogP contribution in [0.3, 0.4) is 0 Å². The summed E-state index contributed by atoms with van der Waals surface area (Å²) in [6.07, 6.45) is 1.90. The molecule has 3 heteroatoms. The van der Waals surface area contributed by atoms with E-state index in [4.69, 9.17) is 5.11 Å². The molecule has 2 N–H and O–H groups in total. The summed E-state index contributed by atoms with van der Waals surface area (Å²) >= 11 is 0. The monoisotopic (exact) mass is 205 g/mol. The Hall–Kier alpha value is -1.61. The van der Waals surface area contributed by atoms with Crippen molar-refractivity contribution in [2.75, 3.05) is 0 Å². The second-order valence-corrected chi connectivity index (χ2v) is 3.25. The van der Waals surface area contributed by atoms with Crippen molar-refractivity contribution in [1.82, 2.24) is 5.32 Å². The van der Waals surface area contributed by atoms with E-state index in [0.717, 1.165) is 11.1 Å². The van der Waals surface area contributed by atoms with Gasteiger partial charge in [0.25, 0.3) is 0 Å². The van der Waals surface area contributed by atoms with Gasteiger partial charge in [-0.15, -0.1) is 6.58 Å². The lowest BCUT2D eigenvalue weighted by molar-refractivity contribution is -0.120. The zero-order valence-electron chi connectivity index (χ0n) is 8.57. The first kappa shape index (κ1) is 11.5. The quantitative estimate of drug-likeness (QED) is 0.713. The fourth-order valence-electron chi connectivity index (χ4n) is 1.24. The standard InChI is InChI=1S/C12H15NO2/c1-2-4-12(15)13-8-10-5-3-6-11(7-10)9-14/h2-3,5-7,14H,1,4,8-9H2,(H,13,15). The largest absolute Gasteiger partial charge is 0.392 e. The summed E-state index contributed by atoms with van der Waals surface area (Å²) in [5.74, 6) is -0.0422. The van der Waals surface area contributed by atoms with Gasteiger partial charge in [-0.1, -0.05) is 30.3 Å². The zero-order chi connectivity index (χ0) is 11.1. The van der Waals surface area contributed by atoms with Crippen LogP contribution in [0.4, 0.5) is 0 Å². The molecule has 0 spiro atoms. The molecule has 1 amide bonds. The summed E-state index contributed by atoms with van der Waals surface area (Å²) in [4.78, 5) is 11.1. The van der Waals surface area contributed by atoms with Gasteiger partial charge in [0.05, 0.1) is 6.61 Å². The molecule has 1 aromatic carbocycles. The minimum absolute atomic E-state index is 0.0223. The van der Waals surface area contributed by atoms with Crippen LogP contribution in [0.5, 0.6) is 0 Å². The van der Waals surface area contributed by atoms with E-state index in [0.29, 0.717) is 13.0 Å². The molecule has 0 atom stereocenters. The van der Waals surface area contributed by atoms with Gasteiger partial charge >= 0.3 is 0 Å². The van der Waals surface area contributed by atoms with Gasteiger partial charge in [0, 0.05) is 13.0 Å². The molecule has 0 bridgehead atoms. The van der Waals surface area contributed by atoms with E-state index in [1.165, 1.54) is 0 Å². The SMILES string of the molecule is C=CCC(=O)NCc1cccc(CO)c1. The Morgan fingerprint density at radius 1 is 1.47 bits per heavy atom. The van der Waals surface area contributed by atoms with E-state index in [2.05, 4.69) is 11.9 Å². The van der Waals surface area contributed by atoms with E-state index in [1.807, 2.05) is 24.3 Å². The van der Waals surface area contributed by atoms with Crippen molar-refractivity contribution in [3.63, 3.8) is 0 Å². The molecule has 0 saturated carbocycles. The minimum atomic E-state index is -0.0422. The number of aliphatic hydroxyl groups is 1. The van der Waals surface area contributed by atoms with Gasteiger partial charge in [0.1, 0.15) is 0 Å². The van der Waals surface area contributed by atoms with Crippen molar-refractivity contribution in [2.24, 2.45) is 0 Å². The Bertz CT molecular complexity index is 347. The predicted octanol–water partition coefficient (Wildman–Crippen LogP) is 1.37. The normalized spacial score (nSPS) is 9.67. The number of hydrogen-bond acceptors (Lipinski definition) is 2.